The molecule has 0 saturated carbocycles. The number of hydrogen-bond donors (Lipinski definition) is 1. The topological polar surface area (TPSA) is 41.6 Å². The Morgan fingerprint density at radius 3 is 2.75 bits per heavy atom. The summed E-state index contributed by atoms with van der Waals surface area (Å²) in [5.41, 5.74) is 2.66. The number of carbonyl (C=O) groups is 1. The molecule has 2 aliphatic rings. The molecule has 2 atom stereocenters. The summed E-state index contributed by atoms with van der Waals surface area (Å²) in [6.07, 6.45) is 1.99. The second kappa shape index (κ2) is 6.57. The van der Waals surface area contributed by atoms with Crippen LogP contribution in [-0.2, 0) is 4.74 Å². The van der Waals surface area contributed by atoms with Crippen molar-refractivity contribution in [2.24, 2.45) is 0 Å². The van der Waals surface area contributed by atoms with Crippen LogP contribution in [0.3, 0.4) is 0 Å². The van der Waals surface area contributed by atoms with Crippen LogP contribution in [0, 0.1) is 0 Å². The number of fused-ring (bicyclic) bond motifs is 1. The number of anilines is 1. The summed E-state index contributed by atoms with van der Waals surface area (Å²) in [5, 5.41) is 3.53. The lowest BCUT2D eigenvalue weighted by molar-refractivity contribution is 0.0426. The molecule has 0 radical (unpaired) electrons. The van der Waals surface area contributed by atoms with Crippen LogP contribution < -0.4 is 5.32 Å². The van der Waals surface area contributed by atoms with Crippen molar-refractivity contribution in [1.29, 1.82) is 0 Å². The van der Waals surface area contributed by atoms with Gasteiger partial charge >= 0.3 is 0 Å². The van der Waals surface area contributed by atoms with Crippen LogP contribution in [0.15, 0.2) is 53.0 Å². The van der Waals surface area contributed by atoms with E-state index in [0.29, 0.717) is 6.54 Å². The number of hydrogen-bond acceptors (Lipinski definition) is 3. The fourth-order valence-corrected chi connectivity index (χ4v) is 3.93. The number of benzene rings is 2. The van der Waals surface area contributed by atoms with Crippen molar-refractivity contribution in [3.05, 3.63) is 64.1 Å². The first kappa shape index (κ1) is 15.7. The molecule has 1 saturated heterocycles. The Kier molecular flexibility index (Phi) is 4.29. The Balaban J connectivity index is 1.73. The van der Waals surface area contributed by atoms with Crippen LogP contribution in [0.4, 0.5) is 5.69 Å². The fourth-order valence-electron chi connectivity index (χ4n) is 3.43. The fraction of sp³-hybridized carbons (Fsp3) is 0.316. The van der Waals surface area contributed by atoms with E-state index in [2.05, 4.69) is 21.2 Å². The Bertz CT molecular complexity index is 759. The highest BCUT2D eigenvalue weighted by atomic mass is 79.9. The highest BCUT2D eigenvalue weighted by Gasteiger charge is 2.35. The zero-order valence-corrected chi connectivity index (χ0v) is 14.8. The molecule has 0 aromatic heterocycles. The minimum absolute atomic E-state index is 0.0561. The molecule has 2 aromatic carbocycles. The van der Waals surface area contributed by atoms with Gasteiger partial charge in [0.05, 0.1) is 11.7 Å². The molecule has 2 aliphatic heterocycles. The maximum absolute atomic E-state index is 13.1. The first-order chi connectivity index (χ1) is 11.7. The summed E-state index contributed by atoms with van der Waals surface area (Å²) in [7, 11) is 0. The average molecular weight is 387 g/mol. The van der Waals surface area contributed by atoms with E-state index in [0.717, 1.165) is 40.7 Å². The van der Waals surface area contributed by atoms with Gasteiger partial charge in [-0.25, -0.2) is 0 Å². The zero-order chi connectivity index (χ0) is 16.5. The van der Waals surface area contributed by atoms with Gasteiger partial charge in [0.1, 0.15) is 6.17 Å². The van der Waals surface area contributed by atoms with E-state index in [1.54, 1.807) is 0 Å². The van der Waals surface area contributed by atoms with E-state index >= 15 is 0 Å². The number of nitrogens with one attached hydrogen (secondary N) is 1. The number of ether oxygens (including phenoxy) is 1. The zero-order valence-electron chi connectivity index (χ0n) is 13.2. The van der Waals surface area contributed by atoms with Crippen molar-refractivity contribution in [1.82, 2.24) is 4.90 Å². The van der Waals surface area contributed by atoms with Crippen LogP contribution in [0.25, 0.3) is 0 Å². The molecular formula is C19H19BrN2O2. The number of rotatable bonds is 3. The van der Waals surface area contributed by atoms with Crippen LogP contribution in [0.2, 0.25) is 0 Å². The molecule has 2 aromatic rings. The van der Waals surface area contributed by atoms with Gasteiger partial charge in [-0.3, -0.25) is 4.79 Å². The molecule has 4 nitrogen and oxygen atoms in total. The molecule has 1 N–H and O–H groups in total. The maximum atomic E-state index is 13.1. The number of nitrogens with zero attached hydrogens (tertiary/aromatic N) is 1. The molecule has 0 spiro atoms. The number of amides is 1. The second-order valence-electron chi connectivity index (χ2n) is 6.21. The van der Waals surface area contributed by atoms with Gasteiger partial charge in [-0.05, 0) is 31.0 Å². The molecule has 5 heteroatoms. The van der Waals surface area contributed by atoms with Gasteiger partial charge in [-0.2, -0.15) is 0 Å². The predicted molar refractivity (Wildman–Crippen MR) is 97.0 cm³/mol. The van der Waals surface area contributed by atoms with Crippen molar-refractivity contribution in [2.45, 2.75) is 25.1 Å². The normalized spacial score (nSPS) is 23.0. The summed E-state index contributed by atoms with van der Waals surface area (Å²) >= 11 is 3.62. The van der Waals surface area contributed by atoms with Crippen molar-refractivity contribution >= 4 is 27.5 Å². The lowest BCUT2D eigenvalue weighted by atomic mass is 10.0. The summed E-state index contributed by atoms with van der Waals surface area (Å²) < 4.78 is 6.77. The van der Waals surface area contributed by atoms with Gasteiger partial charge in [0.15, 0.2) is 0 Å². The van der Waals surface area contributed by atoms with Crippen LogP contribution in [0.5, 0.6) is 0 Å². The van der Waals surface area contributed by atoms with E-state index in [-0.39, 0.29) is 18.2 Å². The number of para-hydroxylation sites is 1. The Morgan fingerprint density at radius 2 is 1.96 bits per heavy atom. The minimum Gasteiger partial charge on any atom is -0.376 e. The predicted octanol–water partition coefficient (Wildman–Crippen LogP) is 4.19. The molecular weight excluding hydrogens is 368 g/mol. The Morgan fingerprint density at radius 1 is 1.17 bits per heavy atom. The van der Waals surface area contributed by atoms with Gasteiger partial charge in [-0.15, -0.1) is 0 Å². The van der Waals surface area contributed by atoms with Crippen LogP contribution >= 0.6 is 15.9 Å². The van der Waals surface area contributed by atoms with Gasteiger partial charge in [0, 0.05) is 28.9 Å². The Labute approximate surface area is 149 Å². The van der Waals surface area contributed by atoms with Crippen molar-refractivity contribution in [3.63, 3.8) is 0 Å². The summed E-state index contributed by atoms with van der Waals surface area (Å²) in [6.45, 7) is 1.39. The molecule has 0 aliphatic carbocycles. The van der Waals surface area contributed by atoms with Gasteiger partial charge in [-0.1, -0.05) is 46.3 Å². The number of carbonyl (C=O) groups excluding carboxylic acids is 1. The third kappa shape index (κ3) is 2.82. The Hall–Kier alpha value is -1.85. The summed E-state index contributed by atoms with van der Waals surface area (Å²) in [6, 6.07) is 15.7. The number of halogens is 1. The molecule has 0 unspecified atom stereocenters. The lowest BCUT2D eigenvalue weighted by Gasteiger charge is -2.39. The van der Waals surface area contributed by atoms with Crippen LogP contribution in [-0.4, -0.2) is 30.1 Å². The third-order valence-electron chi connectivity index (χ3n) is 4.65. The van der Waals surface area contributed by atoms with Crippen molar-refractivity contribution < 1.29 is 9.53 Å². The maximum Gasteiger partial charge on any atom is 0.257 e. The molecule has 0 bridgehead atoms. The minimum atomic E-state index is -0.202. The quantitative estimate of drug-likeness (QED) is 0.859. The first-order valence-corrected chi connectivity index (χ1v) is 9.06. The molecule has 24 heavy (non-hydrogen) atoms. The van der Waals surface area contributed by atoms with Crippen molar-refractivity contribution in [3.8, 4) is 0 Å². The smallest absolute Gasteiger partial charge is 0.257 e. The monoisotopic (exact) mass is 386 g/mol. The summed E-state index contributed by atoms with van der Waals surface area (Å²) in [5.74, 6) is 0.0561. The first-order valence-electron chi connectivity index (χ1n) is 8.26. The lowest BCUT2D eigenvalue weighted by Crippen LogP contribution is -2.46. The largest absolute Gasteiger partial charge is 0.376 e. The molecule has 4 rings (SSSR count). The highest BCUT2D eigenvalue weighted by molar-refractivity contribution is 9.10. The van der Waals surface area contributed by atoms with Gasteiger partial charge < -0.3 is 15.0 Å². The van der Waals surface area contributed by atoms with E-state index in [9.17, 15) is 4.79 Å². The third-order valence-corrected chi connectivity index (χ3v) is 5.37. The summed E-state index contributed by atoms with van der Waals surface area (Å²) in [4.78, 5) is 15.0. The van der Waals surface area contributed by atoms with Crippen molar-refractivity contribution in [2.75, 3.05) is 18.5 Å². The molecule has 1 amide bonds. The van der Waals surface area contributed by atoms with Gasteiger partial charge in [0.2, 0.25) is 0 Å². The van der Waals surface area contributed by atoms with Crippen LogP contribution in [0.1, 0.15) is 34.9 Å². The standard InChI is InChI=1S/C19H19BrN2O2/c20-16-9-3-1-7-14(16)18-21-17-10-4-2-8-15(17)19(23)22(18)12-13-6-5-11-24-13/h1-4,7-10,13,18,21H,5-6,11-12H2/t13-,18-/m0/s1. The molecule has 124 valence electrons. The van der Waals surface area contributed by atoms with E-state index in [4.69, 9.17) is 4.74 Å². The van der Waals surface area contributed by atoms with E-state index in [1.165, 1.54) is 0 Å². The van der Waals surface area contributed by atoms with E-state index in [1.807, 2.05) is 53.4 Å². The molecule has 2 heterocycles. The SMILES string of the molecule is O=C1c2ccccc2N[C@H](c2ccccc2Br)N1C[C@@H]1CCCO1. The average Bonchev–Trinajstić information content (AvgIpc) is 3.11. The molecule has 1 fully saturated rings. The highest BCUT2D eigenvalue weighted by Crippen LogP contribution is 2.36. The van der Waals surface area contributed by atoms with E-state index < -0.39 is 0 Å². The van der Waals surface area contributed by atoms with Gasteiger partial charge in [0.25, 0.3) is 5.91 Å². The second-order valence-corrected chi connectivity index (χ2v) is 7.06.